The number of hydrogen-bond donors (Lipinski definition) is 1. The zero-order chi connectivity index (χ0) is 12.0. The van der Waals surface area contributed by atoms with E-state index >= 15 is 0 Å². The lowest BCUT2D eigenvalue weighted by atomic mass is 10.0. The van der Waals surface area contributed by atoms with Crippen LogP contribution in [0.25, 0.3) is 0 Å². The van der Waals surface area contributed by atoms with E-state index in [1.54, 1.807) is 31.2 Å². The maximum atomic E-state index is 11.6. The topological polar surface area (TPSA) is 63.6 Å². The molecule has 0 fully saturated rings. The van der Waals surface area contributed by atoms with Crippen molar-refractivity contribution in [2.24, 2.45) is 5.92 Å². The molecule has 1 aromatic carbocycles. The largest absolute Gasteiger partial charge is 0.481 e. The number of esters is 1. The second-order valence-corrected chi connectivity index (χ2v) is 3.44. The van der Waals surface area contributed by atoms with Crippen LogP contribution in [-0.4, -0.2) is 17.0 Å². The highest BCUT2D eigenvalue weighted by Gasteiger charge is 2.21. The van der Waals surface area contributed by atoms with Gasteiger partial charge in [0.25, 0.3) is 0 Å². The minimum Gasteiger partial charge on any atom is -0.481 e. The lowest BCUT2D eigenvalue weighted by molar-refractivity contribution is -0.146. The summed E-state index contributed by atoms with van der Waals surface area (Å²) in [7, 11) is 0. The molecule has 1 N–H and O–H groups in total. The Hall–Kier alpha value is -1.84. The van der Waals surface area contributed by atoms with Crippen molar-refractivity contribution >= 4 is 11.9 Å². The van der Waals surface area contributed by atoms with Gasteiger partial charge in [-0.2, -0.15) is 0 Å². The number of rotatable bonds is 5. The maximum Gasteiger partial charge on any atom is 0.314 e. The lowest BCUT2D eigenvalue weighted by Gasteiger charge is -2.11. The summed E-state index contributed by atoms with van der Waals surface area (Å²) in [5, 5.41) is 8.62. The molecule has 0 aliphatic heterocycles. The van der Waals surface area contributed by atoms with E-state index in [-0.39, 0.29) is 6.42 Å². The van der Waals surface area contributed by atoms with Crippen LogP contribution >= 0.6 is 0 Å². The molecule has 0 saturated carbocycles. The summed E-state index contributed by atoms with van der Waals surface area (Å²) in [5.74, 6) is -1.62. The molecule has 4 heteroatoms. The van der Waals surface area contributed by atoms with Gasteiger partial charge in [0.2, 0.25) is 0 Å². The summed E-state index contributed by atoms with van der Waals surface area (Å²) in [6, 6.07) is 8.63. The van der Waals surface area contributed by atoms with Gasteiger partial charge < -0.3 is 9.84 Å². The van der Waals surface area contributed by atoms with Gasteiger partial charge >= 0.3 is 11.9 Å². The molecule has 1 unspecified atom stereocenters. The average molecular weight is 222 g/mol. The summed E-state index contributed by atoms with van der Waals surface area (Å²) in [6.45, 7) is 1.76. The Morgan fingerprint density at radius 3 is 2.44 bits per heavy atom. The summed E-state index contributed by atoms with van der Waals surface area (Å²) in [5.41, 5.74) is 0. The summed E-state index contributed by atoms with van der Waals surface area (Å²) >= 11 is 0. The van der Waals surface area contributed by atoms with Crippen molar-refractivity contribution in [2.75, 3.05) is 0 Å². The van der Waals surface area contributed by atoms with E-state index < -0.39 is 17.9 Å². The lowest BCUT2D eigenvalue weighted by Crippen LogP contribution is -2.22. The Bertz CT molecular complexity index is 359. The zero-order valence-corrected chi connectivity index (χ0v) is 9.05. The van der Waals surface area contributed by atoms with Gasteiger partial charge in [0, 0.05) is 0 Å². The minimum atomic E-state index is -0.989. The molecule has 1 atom stereocenters. The van der Waals surface area contributed by atoms with Crippen molar-refractivity contribution in [2.45, 2.75) is 19.8 Å². The third-order valence-electron chi connectivity index (χ3n) is 2.21. The van der Waals surface area contributed by atoms with Gasteiger partial charge in [-0.3, -0.25) is 9.59 Å². The van der Waals surface area contributed by atoms with Crippen molar-refractivity contribution < 1.29 is 19.4 Å². The normalized spacial score (nSPS) is 11.8. The molecule has 0 spiro atoms. The molecule has 86 valence electrons. The van der Waals surface area contributed by atoms with Crippen LogP contribution < -0.4 is 4.74 Å². The number of aliphatic carboxylic acids is 1. The van der Waals surface area contributed by atoms with Crippen LogP contribution in [0.3, 0.4) is 0 Å². The van der Waals surface area contributed by atoms with Crippen molar-refractivity contribution in [1.29, 1.82) is 0 Å². The Morgan fingerprint density at radius 2 is 1.94 bits per heavy atom. The van der Waals surface area contributed by atoms with E-state index in [1.807, 2.05) is 6.07 Å². The molecule has 0 amide bonds. The molecule has 0 aromatic heterocycles. The molecule has 1 aromatic rings. The average Bonchev–Trinajstić information content (AvgIpc) is 2.26. The van der Waals surface area contributed by atoms with Gasteiger partial charge in [0.05, 0.1) is 12.3 Å². The van der Waals surface area contributed by atoms with E-state index in [0.29, 0.717) is 12.2 Å². The highest BCUT2D eigenvalue weighted by Crippen LogP contribution is 2.15. The van der Waals surface area contributed by atoms with Crippen LogP contribution in [0.4, 0.5) is 0 Å². The third-order valence-corrected chi connectivity index (χ3v) is 2.21. The molecule has 16 heavy (non-hydrogen) atoms. The second kappa shape index (κ2) is 5.90. The van der Waals surface area contributed by atoms with Crippen LogP contribution in [0.5, 0.6) is 5.75 Å². The summed E-state index contributed by atoms with van der Waals surface area (Å²) < 4.78 is 5.07. The van der Waals surface area contributed by atoms with E-state index in [2.05, 4.69) is 0 Å². The van der Waals surface area contributed by atoms with Gasteiger partial charge in [-0.1, -0.05) is 25.1 Å². The molecule has 1 rings (SSSR count). The number of carbonyl (C=O) groups excluding carboxylic acids is 1. The fraction of sp³-hybridized carbons (Fsp3) is 0.333. The Balaban J connectivity index is 2.59. The predicted octanol–water partition coefficient (Wildman–Crippen LogP) is 2.09. The van der Waals surface area contributed by atoms with Gasteiger partial charge in [-0.15, -0.1) is 0 Å². The van der Waals surface area contributed by atoms with Crippen LogP contribution in [0.2, 0.25) is 0 Å². The number of carboxylic acids is 1. The maximum absolute atomic E-state index is 11.6. The fourth-order valence-corrected chi connectivity index (χ4v) is 1.29. The number of benzene rings is 1. The third kappa shape index (κ3) is 3.73. The number of hydrogen-bond acceptors (Lipinski definition) is 3. The monoisotopic (exact) mass is 222 g/mol. The van der Waals surface area contributed by atoms with Crippen molar-refractivity contribution in [3.63, 3.8) is 0 Å². The van der Waals surface area contributed by atoms with Crippen LogP contribution in [0, 0.1) is 5.92 Å². The molecule has 0 aliphatic rings. The van der Waals surface area contributed by atoms with Crippen molar-refractivity contribution in [1.82, 2.24) is 0 Å². The number of carbonyl (C=O) groups is 2. The van der Waals surface area contributed by atoms with E-state index in [1.165, 1.54) is 0 Å². The Labute approximate surface area is 93.9 Å². The van der Waals surface area contributed by atoms with E-state index in [0.717, 1.165) is 0 Å². The van der Waals surface area contributed by atoms with Gasteiger partial charge in [-0.05, 0) is 18.6 Å². The molecule has 0 heterocycles. The highest BCUT2D eigenvalue weighted by molar-refractivity contribution is 5.80. The van der Waals surface area contributed by atoms with Crippen molar-refractivity contribution in [3.8, 4) is 5.75 Å². The first-order valence-corrected chi connectivity index (χ1v) is 5.12. The van der Waals surface area contributed by atoms with E-state index in [9.17, 15) is 9.59 Å². The standard InChI is InChI=1S/C12H14O4/c1-2-9(8-11(13)14)12(15)16-10-6-4-3-5-7-10/h3-7,9H,2,8H2,1H3,(H,13,14). The van der Waals surface area contributed by atoms with Crippen LogP contribution in [0.1, 0.15) is 19.8 Å². The Morgan fingerprint density at radius 1 is 1.31 bits per heavy atom. The number of para-hydroxylation sites is 1. The molecule has 0 saturated heterocycles. The van der Waals surface area contributed by atoms with Crippen LogP contribution in [-0.2, 0) is 9.59 Å². The first-order valence-electron chi connectivity index (χ1n) is 5.12. The SMILES string of the molecule is CCC(CC(=O)O)C(=O)Oc1ccccc1. The summed E-state index contributed by atoms with van der Waals surface area (Å²) in [4.78, 5) is 22.1. The van der Waals surface area contributed by atoms with Gasteiger partial charge in [-0.25, -0.2) is 0 Å². The molecule has 0 aliphatic carbocycles. The summed E-state index contributed by atoms with van der Waals surface area (Å²) in [6.07, 6.45) is 0.264. The molecular weight excluding hydrogens is 208 g/mol. The number of carboxylic acid groups (broad SMARTS) is 1. The minimum absolute atomic E-state index is 0.192. The highest BCUT2D eigenvalue weighted by atomic mass is 16.5. The smallest absolute Gasteiger partial charge is 0.314 e. The molecule has 4 nitrogen and oxygen atoms in total. The van der Waals surface area contributed by atoms with E-state index in [4.69, 9.17) is 9.84 Å². The Kier molecular flexibility index (Phi) is 4.51. The quantitative estimate of drug-likeness (QED) is 0.612. The second-order valence-electron chi connectivity index (χ2n) is 3.44. The number of ether oxygens (including phenoxy) is 1. The fourth-order valence-electron chi connectivity index (χ4n) is 1.29. The van der Waals surface area contributed by atoms with Gasteiger partial charge in [0.15, 0.2) is 0 Å². The van der Waals surface area contributed by atoms with Crippen LogP contribution in [0.15, 0.2) is 30.3 Å². The van der Waals surface area contributed by atoms with Crippen molar-refractivity contribution in [3.05, 3.63) is 30.3 Å². The molecular formula is C12H14O4. The molecule has 0 radical (unpaired) electrons. The predicted molar refractivity (Wildman–Crippen MR) is 58.1 cm³/mol. The zero-order valence-electron chi connectivity index (χ0n) is 9.05. The van der Waals surface area contributed by atoms with Gasteiger partial charge in [0.1, 0.15) is 5.75 Å². The first-order chi connectivity index (χ1) is 7.63. The first kappa shape index (κ1) is 12.2. The molecule has 0 bridgehead atoms.